The Morgan fingerprint density at radius 3 is 2.70 bits per heavy atom. The summed E-state index contributed by atoms with van der Waals surface area (Å²) in [5.41, 5.74) is 0.891. The summed E-state index contributed by atoms with van der Waals surface area (Å²) < 4.78 is 18.2. The van der Waals surface area contributed by atoms with E-state index in [1.54, 1.807) is 21.9 Å². The quantitative estimate of drug-likeness (QED) is 0.843. The molecule has 5 nitrogen and oxygen atoms in total. The lowest BCUT2D eigenvalue weighted by Crippen LogP contribution is -2.52. The fraction of sp³-hybridized carbons (Fsp3) is 0.529. The average molecular weight is 320 g/mol. The molecule has 0 aliphatic carbocycles. The first-order chi connectivity index (χ1) is 11.1. The summed E-state index contributed by atoms with van der Waals surface area (Å²) in [6.07, 6.45) is 1.38. The highest BCUT2D eigenvalue weighted by Crippen LogP contribution is 2.18. The summed E-state index contributed by atoms with van der Waals surface area (Å²) in [7, 11) is 0. The molecule has 23 heavy (non-hydrogen) atoms. The van der Waals surface area contributed by atoms with Gasteiger partial charge in [-0.2, -0.15) is 0 Å². The first-order valence-corrected chi connectivity index (χ1v) is 7.99. The van der Waals surface area contributed by atoms with E-state index in [2.05, 4.69) is 0 Å². The monoisotopic (exact) mass is 320 g/mol. The highest BCUT2D eigenvalue weighted by Gasteiger charge is 2.29. The van der Waals surface area contributed by atoms with Crippen LogP contribution < -0.4 is 0 Å². The Morgan fingerprint density at radius 1 is 1.26 bits per heavy atom. The number of piperazine rings is 1. The van der Waals surface area contributed by atoms with Crippen molar-refractivity contribution < 1.29 is 18.7 Å². The van der Waals surface area contributed by atoms with Crippen molar-refractivity contribution in [1.82, 2.24) is 9.80 Å². The molecule has 0 bridgehead atoms. The zero-order chi connectivity index (χ0) is 16.2. The summed E-state index contributed by atoms with van der Waals surface area (Å²) in [4.78, 5) is 27.9. The lowest BCUT2D eigenvalue weighted by Gasteiger charge is -2.34. The van der Waals surface area contributed by atoms with Crippen molar-refractivity contribution in [1.29, 1.82) is 0 Å². The van der Waals surface area contributed by atoms with E-state index in [1.807, 2.05) is 0 Å². The summed E-state index contributed by atoms with van der Waals surface area (Å²) >= 11 is 0. The lowest BCUT2D eigenvalue weighted by molar-refractivity contribution is -0.146. The van der Waals surface area contributed by atoms with E-state index in [4.69, 9.17) is 4.74 Å². The Hall–Kier alpha value is -1.95. The van der Waals surface area contributed by atoms with Gasteiger partial charge in [0.2, 0.25) is 11.8 Å². The highest BCUT2D eigenvalue weighted by molar-refractivity contribution is 5.86. The van der Waals surface area contributed by atoms with Crippen LogP contribution in [-0.2, 0) is 20.9 Å². The molecule has 2 aliphatic heterocycles. The summed E-state index contributed by atoms with van der Waals surface area (Å²) in [6.45, 7) is 3.03. The molecule has 1 atom stereocenters. The smallest absolute Gasteiger partial charge is 0.242 e. The van der Waals surface area contributed by atoms with Crippen LogP contribution >= 0.6 is 0 Å². The Morgan fingerprint density at radius 2 is 2.04 bits per heavy atom. The molecule has 3 rings (SSSR count). The van der Waals surface area contributed by atoms with Gasteiger partial charge < -0.3 is 14.5 Å². The summed E-state index contributed by atoms with van der Waals surface area (Å²) in [5, 5.41) is 0. The molecule has 2 fully saturated rings. The number of hydrogen-bond donors (Lipinski definition) is 0. The third kappa shape index (κ3) is 4.07. The molecule has 1 aromatic carbocycles. The Bertz CT molecular complexity index is 570. The van der Waals surface area contributed by atoms with E-state index in [1.165, 1.54) is 12.1 Å². The fourth-order valence-corrected chi connectivity index (χ4v) is 3.02. The predicted molar refractivity (Wildman–Crippen MR) is 81.9 cm³/mol. The van der Waals surface area contributed by atoms with E-state index in [0.717, 1.165) is 18.6 Å². The van der Waals surface area contributed by atoms with E-state index < -0.39 is 0 Å². The third-order valence-corrected chi connectivity index (χ3v) is 4.45. The lowest BCUT2D eigenvalue weighted by atomic mass is 10.0. The normalized spacial score (nSPS) is 21.8. The van der Waals surface area contributed by atoms with Crippen LogP contribution in [0, 0.1) is 11.7 Å². The van der Waals surface area contributed by atoms with Crippen LogP contribution in [0.4, 0.5) is 4.39 Å². The van der Waals surface area contributed by atoms with Crippen LogP contribution in [-0.4, -0.2) is 54.5 Å². The van der Waals surface area contributed by atoms with E-state index >= 15 is 0 Å². The van der Waals surface area contributed by atoms with Crippen LogP contribution in [0.1, 0.15) is 18.4 Å². The van der Waals surface area contributed by atoms with Gasteiger partial charge in [-0.1, -0.05) is 12.1 Å². The summed E-state index contributed by atoms with van der Waals surface area (Å²) in [5.74, 6) is -0.0203. The number of carbonyl (C=O) groups is 2. The largest absolute Gasteiger partial charge is 0.381 e. The van der Waals surface area contributed by atoms with Crippen molar-refractivity contribution in [3.05, 3.63) is 35.6 Å². The molecular weight excluding hydrogens is 299 g/mol. The van der Waals surface area contributed by atoms with Gasteiger partial charge in [-0.15, -0.1) is 0 Å². The minimum absolute atomic E-state index is 0.0373. The van der Waals surface area contributed by atoms with Crippen molar-refractivity contribution in [3.8, 4) is 0 Å². The average Bonchev–Trinajstić information content (AvgIpc) is 3.04. The van der Waals surface area contributed by atoms with Gasteiger partial charge in [0.1, 0.15) is 5.82 Å². The van der Waals surface area contributed by atoms with Gasteiger partial charge in [0.25, 0.3) is 0 Å². The van der Waals surface area contributed by atoms with Crippen LogP contribution in [0.25, 0.3) is 0 Å². The molecule has 6 heteroatoms. The standard InChI is InChI=1S/C17H21FN2O3/c18-15-3-1-13(2-4-15)10-19-6-7-20(11-17(19)22)16(21)9-14-5-8-23-12-14/h1-4,14H,5-12H2. The molecule has 1 unspecified atom stereocenters. The zero-order valence-electron chi connectivity index (χ0n) is 13.0. The van der Waals surface area contributed by atoms with Gasteiger partial charge in [0.05, 0.1) is 6.54 Å². The van der Waals surface area contributed by atoms with Crippen LogP contribution in [0.5, 0.6) is 0 Å². The van der Waals surface area contributed by atoms with Gasteiger partial charge in [0, 0.05) is 39.3 Å². The zero-order valence-corrected chi connectivity index (χ0v) is 13.0. The third-order valence-electron chi connectivity index (χ3n) is 4.45. The van der Waals surface area contributed by atoms with E-state index in [-0.39, 0.29) is 30.1 Å². The van der Waals surface area contributed by atoms with Gasteiger partial charge in [-0.3, -0.25) is 9.59 Å². The molecule has 0 N–H and O–H groups in total. The number of ether oxygens (including phenoxy) is 1. The number of amides is 2. The maximum absolute atomic E-state index is 12.9. The van der Waals surface area contributed by atoms with Crippen molar-refractivity contribution >= 4 is 11.8 Å². The Balaban J connectivity index is 1.51. The number of nitrogens with zero attached hydrogens (tertiary/aromatic N) is 2. The molecule has 1 aromatic rings. The summed E-state index contributed by atoms with van der Waals surface area (Å²) in [6, 6.07) is 6.15. The maximum atomic E-state index is 12.9. The minimum atomic E-state index is -0.286. The molecule has 2 heterocycles. The topological polar surface area (TPSA) is 49.9 Å². The van der Waals surface area contributed by atoms with Gasteiger partial charge in [-0.25, -0.2) is 4.39 Å². The SMILES string of the molecule is O=C(CC1CCOC1)N1CCN(Cc2ccc(F)cc2)C(=O)C1. The van der Waals surface area contributed by atoms with Crippen molar-refractivity contribution in [2.24, 2.45) is 5.92 Å². The molecule has 2 saturated heterocycles. The molecule has 0 spiro atoms. The highest BCUT2D eigenvalue weighted by atomic mass is 19.1. The second-order valence-corrected chi connectivity index (χ2v) is 6.19. The second kappa shape index (κ2) is 7.08. The van der Waals surface area contributed by atoms with Crippen molar-refractivity contribution in [2.75, 3.05) is 32.8 Å². The fourth-order valence-electron chi connectivity index (χ4n) is 3.02. The first kappa shape index (κ1) is 15.9. The number of rotatable bonds is 4. The molecular formula is C17H21FN2O3. The van der Waals surface area contributed by atoms with Crippen LogP contribution in [0.3, 0.4) is 0 Å². The molecule has 0 saturated carbocycles. The number of hydrogen-bond acceptors (Lipinski definition) is 3. The molecule has 0 aromatic heterocycles. The Kier molecular flexibility index (Phi) is 4.91. The number of carbonyl (C=O) groups excluding carboxylic acids is 2. The molecule has 2 amide bonds. The van der Waals surface area contributed by atoms with E-state index in [9.17, 15) is 14.0 Å². The van der Waals surface area contributed by atoms with E-state index in [0.29, 0.717) is 32.7 Å². The van der Waals surface area contributed by atoms with Gasteiger partial charge in [0.15, 0.2) is 0 Å². The van der Waals surface area contributed by atoms with Gasteiger partial charge >= 0.3 is 0 Å². The predicted octanol–water partition coefficient (Wildman–Crippen LogP) is 1.42. The molecule has 124 valence electrons. The van der Waals surface area contributed by atoms with Gasteiger partial charge in [-0.05, 0) is 30.0 Å². The first-order valence-electron chi connectivity index (χ1n) is 7.99. The van der Waals surface area contributed by atoms with Crippen molar-refractivity contribution in [3.63, 3.8) is 0 Å². The molecule has 0 radical (unpaired) electrons. The van der Waals surface area contributed by atoms with Crippen LogP contribution in [0.2, 0.25) is 0 Å². The maximum Gasteiger partial charge on any atom is 0.242 e. The minimum Gasteiger partial charge on any atom is -0.381 e. The number of halogens is 1. The second-order valence-electron chi connectivity index (χ2n) is 6.19. The van der Waals surface area contributed by atoms with Crippen molar-refractivity contribution in [2.45, 2.75) is 19.4 Å². The Labute approximate surface area is 135 Å². The number of benzene rings is 1. The van der Waals surface area contributed by atoms with Crippen LogP contribution in [0.15, 0.2) is 24.3 Å². The molecule has 2 aliphatic rings.